The number of allylic oxidation sites excluding steroid dienone is 8. The monoisotopic (exact) mass is 543 g/mol. The van der Waals surface area contributed by atoms with Crippen LogP contribution in [0.2, 0.25) is 0 Å². The van der Waals surface area contributed by atoms with Crippen LogP contribution in [0.25, 0.3) is 0 Å². The van der Waals surface area contributed by atoms with Gasteiger partial charge < -0.3 is 14.4 Å². The molecule has 2 heterocycles. The standard InChI is InChI=1S/C34H40ClN2O2/c1-33(2)26-20-24(38-7)14-16-28(26)36(5)30(33)18-12-22-10-9-11-23(32(22)35)13-19-31-34(3,4)27-21-25(39-8)15-17-29(27)37(31)6/h12-21H,9-11H2,1-8H3/q+1. The zero-order valence-corrected chi connectivity index (χ0v) is 25.2. The lowest BCUT2D eigenvalue weighted by molar-refractivity contribution is -0.401. The lowest BCUT2D eigenvalue weighted by Gasteiger charge is -2.24. The molecular weight excluding hydrogens is 504 g/mol. The zero-order valence-electron chi connectivity index (χ0n) is 24.5. The Morgan fingerprint density at radius 3 is 2.23 bits per heavy atom. The third-order valence-corrected chi connectivity index (χ3v) is 9.31. The number of likely N-dealkylation sites (N-methyl/N-ethyl adjacent to an activating group) is 1. The minimum atomic E-state index is -0.129. The molecule has 5 heteroatoms. The molecule has 5 rings (SSSR count). The van der Waals surface area contributed by atoms with E-state index in [0.29, 0.717) is 0 Å². The number of anilines is 1. The molecule has 0 unspecified atom stereocenters. The summed E-state index contributed by atoms with van der Waals surface area (Å²) in [6.45, 7) is 9.10. The SMILES string of the molecule is COc1ccc2c(c1)C(C)(C)C(=CC=C1CCCC(C=CC3=[N+](C)c4ccc(OC)cc4C3(C)C)=C1Cl)N2C. The number of nitrogens with zero attached hydrogens (tertiary/aromatic N) is 2. The molecular formula is C34H40ClN2O2+. The van der Waals surface area contributed by atoms with Crippen LogP contribution in [-0.4, -0.2) is 38.6 Å². The van der Waals surface area contributed by atoms with Gasteiger partial charge in [0.1, 0.15) is 18.5 Å². The Balaban J connectivity index is 1.45. The number of halogens is 1. The molecule has 0 amide bonds. The number of benzene rings is 2. The van der Waals surface area contributed by atoms with Crippen LogP contribution < -0.4 is 14.4 Å². The molecule has 0 radical (unpaired) electrons. The van der Waals surface area contributed by atoms with Gasteiger partial charge in [0.2, 0.25) is 5.69 Å². The van der Waals surface area contributed by atoms with Gasteiger partial charge in [-0.2, -0.15) is 4.58 Å². The quantitative estimate of drug-likeness (QED) is 0.355. The molecule has 0 spiro atoms. The zero-order chi connectivity index (χ0) is 28.1. The molecule has 0 atom stereocenters. The van der Waals surface area contributed by atoms with Gasteiger partial charge in [-0.05, 0) is 86.2 Å². The minimum absolute atomic E-state index is 0.129. The molecule has 0 N–H and O–H groups in total. The third-order valence-electron chi connectivity index (χ3n) is 8.82. The largest absolute Gasteiger partial charge is 0.497 e. The lowest BCUT2D eigenvalue weighted by Crippen LogP contribution is -2.26. The topological polar surface area (TPSA) is 24.7 Å². The fourth-order valence-electron chi connectivity index (χ4n) is 6.45. The highest BCUT2D eigenvalue weighted by atomic mass is 35.5. The number of hydrogen-bond donors (Lipinski definition) is 0. The number of methoxy groups -OCH3 is 2. The van der Waals surface area contributed by atoms with Crippen molar-refractivity contribution in [2.75, 3.05) is 33.2 Å². The maximum Gasteiger partial charge on any atom is 0.209 e. The molecule has 2 aliphatic heterocycles. The molecule has 0 saturated heterocycles. The summed E-state index contributed by atoms with van der Waals surface area (Å²) in [5, 5.41) is 0.880. The molecule has 3 aliphatic rings. The van der Waals surface area contributed by atoms with Crippen LogP contribution in [0.5, 0.6) is 11.5 Å². The van der Waals surface area contributed by atoms with Crippen LogP contribution in [-0.2, 0) is 10.8 Å². The van der Waals surface area contributed by atoms with Gasteiger partial charge in [0.25, 0.3) is 0 Å². The number of hydrogen-bond acceptors (Lipinski definition) is 3. The van der Waals surface area contributed by atoms with E-state index in [1.165, 1.54) is 45.1 Å². The van der Waals surface area contributed by atoms with E-state index in [0.717, 1.165) is 35.8 Å². The molecule has 0 fully saturated rings. The number of rotatable bonds is 5. The molecule has 0 bridgehead atoms. The maximum atomic E-state index is 7.05. The predicted octanol–water partition coefficient (Wildman–Crippen LogP) is 8.18. The first-order valence-electron chi connectivity index (χ1n) is 13.7. The molecule has 0 aromatic heterocycles. The Morgan fingerprint density at radius 2 is 1.54 bits per heavy atom. The van der Waals surface area contributed by atoms with E-state index in [4.69, 9.17) is 21.1 Å². The summed E-state index contributed by atoms with van der Waals surface area (Å²) in [5.74, 6) is 1.78. The van der Waals surface area contributed by atoms with Gasteiger partial charge in [0, 0.05) is 46.6 Å². The van der Waals surface area contributed by atoms with Gasteiger partial charge in [-0.15, -0.1) is 0 Å². The van der Waals surface area contributed by atoms with E-state index >= 15 is 0 Å². The van der Waals surface area contributed by atoms with E-state index in [-0.39, 0.29) is 10.8 Å². The van der Waals surface area contributed by atoms with Crippen molar-refractivity contribution in [1.29, 1.82) is 0 Å². The normalized spacial score (nSPS) is 21.8. The summed E-state index contributed by atoms with van der Waals surface area (Å²) in [5.41, 5.74) is 9.65. The predicted molar refractivity (Wildman–Crippen MR) is 163 cm³/mol. The van der Waals surface area contributed by atoms with Gasteiger partial charge in [-0.25, -0.2) is 0 Å². The van der Waals surface area contributed by atoms with Crippen LogP contribution in [0.15, 0.2) is 82.6 Å². The van der Waals surface area contributed by atoms with Crippen LogP contribution in [0, 0.1) is 0 Å². The van der Waals surface area contributed by atoms with Crippen molar-refractivity contribution in [2.24, 2.45) is 0 Å². The van der Waals surface area contributed by atoms with E-state index < -0.39 is 0 Å². The van der Waals surface area contributed by atoms with E-state index in [2.05, 4.69) is 99.8 Å². The van der Waals surface area contributed by atoms with Gasteiger partial charge in [0.05, 0.1) is 19.6 Å². The van der Waals surface area contributed by atoms with Gasteiger partial charge in [0.15, 0.2) is 5.71 Å². The van der Waals surface area contributed by atoms with Crippen molar-refractivity contribution in [3.05, 3.63) is 93.7 Å². The Labute approximate surface area is 238 Å². The third kappa shape index (κ3) is 4.53. The number of fused-ring (bicyclic) bond motifs is 2. The molecule has 39 heavy (non-hydrogen) atoms. The van der Waals surface area contributed by atoms with E-state index in [1.54, 1.807) is 14.2 Å². The lowest BCUT2D eigenvalue weighted by atomic mass is 9.81. The summed E-state index contributed by atoms with van der Waals surface area (Å²) >= 11 is 7.05. The van der Waals surface area contributed by atoms with Crippen LogP contribution >= 0.6 is 11.6 Å². The molecule has 2 aromatic rings. The van der Waals surface area contributed by atoms with Crippen molar-refractivity contribution in [2.45, 2.75) is 57.8 Å². The second kappa shape index (κ2) is 10.1. The molecule has 204 valence electrons. The summed E-state index contributed by atoms with van der Waals surface area (Å²) in [6.07, 6.45) is 12.0. The molecule has 2 aromatic carbocycles. The van der Waals surface area contributed by atoms with Crippen molar-refractivity contribution in [3.8, 4) is 11.5 Å². The van der Waals surface area contributed by atoms with Gasteiger partial charge >= 0.3 is 0 Å². The molecule has 1 aliphatic carbocycles. The average molecular weight is 544 g/mol. The van der Waals surface area contributed by atoms with Crippen molar-refractivity contribution < 1.29 is 14.0 Å². The van der Waals surface area contributed by atoms with E-state index in [9.17, 15) is 0 Å². The van der Waals surface area contributed by atoms with Crippen molar-refractivity contribution in [1.82, 2.24) is 0 Å². The fraction of sp³-hybridized carbons (Fsp3) is 0.382. The van der Waals surface area contributed by atoms with Crippen LogP contribution in [0.3, 0.4) is 0 Å². The second-order valence-electron chi connectivity index (χ2n) is 11.8. The first-order chi connectivity index (χ1) is 18.5. The van der Waals surface area contributed by atoms with Gasteiger partial charge in [-0.3, -0.25) is 0 Å². The summed E-state index contributed by atoms with van der Waals surface area (Å²) in [6, 6.07) is 12.7. The van der Waals surface area contributed by atoms with Crippen LogP contribution in [0.4, 0.5) is 11.4 Å². The Hall–Kier alpha value is -3.24. The highest BCUT2D eigenvalue weighted by molar-refractivity contribution is 6.32. The number of ether oxygens (including phenoxy) is 2. The van der Waals surface area contributed by atoms with Crippen molar-refractivity contribution >= 4 is 28.7 Å². The van der Waals surface area contributed by atoms with Crippen molar-refractivity contribution in [3.63, 3.8) is 0 Å². The highest BCUT2D eigenvalue weighted by Gasteiger charge is 2.43. The average Bonchev–Trinajstić information content (AvgIpc) is 3.23. The maximum absolute atomic E-state index is 7.05. The fourth-order valence-corrected chi connectivity index (χ4v) is 6.77. The smallest absolute Gasteiger partial charge is 0.209 e. The van der Waals surface area contributed by atoms with Crippen LogP contribution in [0.1, 0.15) is 58.1 Å². The Morgan fingerprint density at radius 1 is 0.872 bits per heavy atom. The summed E-state index contributed by atoms with van der Waals surface area (Å²) < 4.78 is 13.3. The summed E-state index contributed by atoms with van der Waals surface area (Å²) in [7, 11) is 7.72. The first-order valence-corrected chi connectivity index (χ1v) is 14.1. The second-order valence-corrected chi connectivity index (χ2v) is 12.2. The van der Waals surface area contributed by atoms with Gasteiger partial charge in [-0.1, -0.05) is 37.6 Å². The minimum Gasteiger partial charge on any atom is -0.497 e. The molecule has 4 nitrogen and oxygen atoms in total. The Kier molecular flexibility index (Phi) is 7.05. The first kappa shape index (κ1) is 27.3. The van der Waals surface area contributed by atoms with E-state index in [1.807, 2.05) is 12.1 Å². The summed E-state index contributed by atoms with van der Waals surface area (Å²) in [4.78, 5) is 2.29. The Bertz CT molecular complexity index is 1490. The highest BCUT2D eigenvalue weighted by Crippen LogP contribution is 2.48. The molecule has 0 saturated carbocycles.